The van der Waals surface area contributed by atoms with E-state index in [9.17, 15) is 0 Å². The van der Waals surface area contributed by atoms with E-state index in [1.165, 1.54) is 70.6 Å². The largest absolute Gasteiger partial charge is 0.396 e. The lowest BCUT2D eigenvalue weighted by Crippen LogP contribution is -2.43. The Labute approximate surface area is 144 Å². The molecule has 130 valence electrons. The minimum Gasteiger partial charge on any atom is -0.396 e. The third-order valence-corrected chi connectivity index (χ3v) is 4.77. The number of halogens is 1. The number of hydrogen-bond donors (Lipinski definition) is 2. The van der Waals surface area contributed by atoms with Crippen molar-refractivity contribution in [2.45, 2.75) is 103 Å². The second-order valence-corrected chi connectivity index (χ2v) is 6.85. The molecule has 0 bridgehead atoms. The van der Waals surface area contributed by atoms with Crippen LogP contribution in [-0.2, 0) is 0 Å². The van der Waals surface area contributed by atoms with Crippen LogP contribution in [0.1, 0.15) is 97.8 Å². The summed E-state index contributed by atoms with van der Waals surface area (Å²) in [5, 5.41) is 9.02. The van der Waals surface area contributed by atoms with E-state index in [0.29, 0.717) is 12.3 Å². The highest BCUT2D eigenvalue weighted by molar-refractivity contribution is 8.93. The van der Waals surface area contributed by atoms with Crippen LogP contribution in [0.4, 0.5) is 0 Å². The molecule has 3 heteroatoms. The fourth-order valence-electron chi connectivity index (χ4n) is 2.75. The number of nitrogens with two attached hydrogens (primary N) is 1. The van der Waals surface area contributed by atoms with Gasteiger partial charge in [0.25, 0.3) is 0 Å². The van der Waals surface area contributed by atoms with Crippen molar-refractivity contribution < 1.29 is 5.11 Å². The van der Waals surface area contributed by atoms with Gasteiger partial charge in [0, 0.05) is 12.1 Å². The van der Waals surface area contributed by atoms with E-state index in [0.717, 1.165) is 0 Å². The van der Waals surface area contributed by atoms with Gasteiger partial charge in [0.1, 0.15) is 0 Å². The standard InChI is InChI=1S/C18H39NO.BrH/c1-4-5-6-7-8-9-10-11-12-13-14-17(2)18(3,19)15-16-20;/h17,20H,4-16,19H2,1-3H3;1H. The summed E-state index contributed by atoms with van der Waals surface area (Å²) in [7, 11) is 0. The predicted molar refractivity (Wildman–Crippen MR) is 100 cm³/mol. The zero-order valence-electron chi connectivity index (χ0n) is 14.7. The van der Waals surface area contributed by atoms with Crippen LogP contribution in [0.15, 0.2) is 0 Å². The molecular weight excluding hydrogens is 326 g/mol. The van der Waals surface area contributed by atoms with E-state index >= 15 is 0 Å². The molecule has 0 aromatic heterocycles. The van der Waals surface area contributed by atoms with Gasteiger partial charge in [-0.05, 0) is 25.7 Å². The van der Waals surface area contributed by atoms with Crippen molar-refractivity contribution in [3.63, 3.8) is 0 Å². The first-order valence-electron chi connectivity index (χ1n) is 8.94. The van der Waals surface area contributed by atoms with E-state index < -0.39 is 0 Å². The molecule has 0 aromatic rings. The van der Waals surface area contributed by atoms with Crippen LogP contribution in [0, 0.1) is 5.92 Å². The number of aliphatic hydroxyl groups is 1. The number of hydrogen-bond acceptors (Lipinski definition) is 2. The smallest absolute Gasteiger partial charge is 0.0448 e. The van der Waals surface area contributed by atoms with Crippen LogP contribution in [0.5, 0.6) is 0 Å². The maximum atomic E-state index is 9.02. The molecular formula is C18H40BrNO. The van der Waals surface area contributed by atoms with Crippen LogP contribution >= 0.6 is 17.0 Å². The Hall–Kier alpha value is 0.400. The molecule has 0 amide bonds. The Kier molecular flexibility index (Phi) is 17.2. The third kappa shape index (κ3) is 13.8. The van der Waals surface area contributed by atoms with E-state index in [1.807, 2.05) is 0 Å². The first-order chi connectivity index (χ1) is 9.54. The summed E-state index contributed by atoms with van der Waals surface area (Å²) in [6.07, 6.45) is 15.8. The highest BCUT2D eigenvalue weighted by Gasteiger charge is 2.24. The normalized spacial score (nSPS) is 15.3. The summed E-state index contributed by atoms with van der Waals surface area (Å²) >= 11 is 0. The highest BCUT2D eigenvalue weighted by atomic mass is 79.9. The lowest BCUT2D eigenvalue weighted by Gasteiger charge is -2.31. The molecule has 0 rings (SSSR count). The molecule has 0 heterocycles. The summed E-state index contributed by atoms with van der Waals surface area (Å²) in [6.45, 7) is 6.77. The van der Waals surface area contributed by atoms with Gasteiger partial charge in [0.05, 0.1) is 0 Å². The molecule has 0 saturated carbocycles. The van der Waals surface area contributed by atoms with Gasteiger partial charge in [-0.3, -0.25) is 0 Å². The van der Waals surface area contributed by atoms with Gasteiger partial charge in [-0.25, -0.2) is 0 Å². The molecule has 0 fully saturated rings. The number of aliphatic hydroxyl groups excluding tert-OH is 1. The minimum absolute atomic E-state index is 0. The van der Waals surface area contributed by atoms with Gasteiger partial charge in [-0.15, -0.1) is 17.0 Å². The molecule has 21 heavy (non-hydrogen) atoms. The SMILES string of the molecule is Br.CCCCCCCCCCCCC(C)C(C)(N)CCO. The summed E-state index contributed by atoms with van der Waals surface area (Å²) in [4.78, 5) is 0. The molecule has 0 spiro atoms. The summed E-state index contributed by atoms with van der Waals surface area (Å²) in [5.74, 6) is 0.503. The van der Waals surface area contributed by atoms with Gasteiger partial charge in [-0.1, -0.05) is 78.1 Å². The Bertz CT molecular complexity index is 209. The fraction of sp³-hybridized carbons (Fsp3) is 1.00. The van der Waals surface area contributed by atoms with Crippen LogP contribution in [0.2, 0.25) is 0 Å². The maximum Gasteiger partial charge on any atom is 0.0448 e. The van der Waals surface area contributed by atoms with Crippen LogP contribution in [0.3, 0.4) is 0 Å². The lowest BCUT2D eigenvalue weighted by atomic mass is 9.82. The van der Waals surface area contributed by atoms with E-state index in [1.54, 1.807) is 0 Å². The number of unbranched alkanes of at least 4 members (excludes halogenated alkanes) is 9. The highest BCUT2D eigenvalue weighted by Crippen LogP contribution is 2.23. The second kappa shape index (κ2) is 15.3. The van der Waals surface area contributed by atoms with Crippen LogP contribution < -0.4 is 5.73 Å². The van der Waals surface area contributed by atoms with Gasteiger partial charge < -0.3 is 10.8 Å². The quantitative estimate of drug-likeness (QED) is 0.393. The fourth-order valence-corrected chi connectivity index (χ4v) is 2.75. The van der Waals surface area contributed by atoms with Crippen molar-refractivity contribution in [3.05, 3.63) is 0 Å². The molecule has 0 saturated heterocycles. The zero-order chi connectivity index (χ0) is 15.3. The van der Waals surface area contributed by atoms with Gasteiger partial charge >= 0.3 is 0 Å². The number of rotatable bonds is 14. The molecule has 0 aliphatic rings. The van der Waals surface area contributed by atoms with Crippen molar-refractivity contribution in [1.29, 1.82) is 0 Å². The molecule has 0 aliphatic carbocycles. The predicted octanol–water partition coefficient (Wildman–Crippen LogP) is 5.61. The van der Waals surface area contributed by atoms with Crippen molar-refractivity contribution in [2.75, 3.05) is 6.61 Å². The summed E-state index contributed by atoms with van der Waals surface area (Å²) in [6, 6.07) is 0. The Balaban J connectivity index is 0. The maximum absolute atomic E-state index is 9.02. The summed E-state index contributed by atoms with van der Waals surface area (Å²) in [5.41, 5.74) is 6.03. The van der Waals surface area contributed by atoms with E-state index in [4.69, 9.17) is 10.8 Å². The Morgan fingerprint density at radius 2 is 1.33 bits per heavy atom. The van der Waals surface area contributed by atoms with Crippen molar-refractivity contribution in [2.24, 2.45) is 11.7 Å². The monoisotopic (exact) mass is 365 g/mol. The van der Waals surface area contributed by atoms with Gasteiger partial charge in [0.15, 0.2) is 0 Å². The van der Waals surface area contributed by atoms with Crippen LogP contribution in [0.25, 0.3) is 0 Å². The van der Waals surface area contributed by atoms with Crippen molar-refractivity contribution in [1.82, 2.24) is 0 Å². The van der Waals surface area contributed by atoms with Crippen molar-refractivity contribution in [3.8, 4) is 0 Å². The topological polar surface area (TPSA) is 46.2 Å². The zero-order valence-corrected chi connectivity index (χ0v) is 16.4. The van der Waals surface area contributed by atoms with Gasteiger partial charge in [0.2, 0.25) is 0 Å². The minimum atomic E-state index is -0.200. The second-order valence-electron chi connectivity index (χ2n) is 6.85. The third-order valence-electron chi connectivity index (χ3n) is 4.77. The van der Waals surface area contributed by atoms with E-state index in [-0.39, 0.29) is 29.1 Å². The first kappa shape index (κ1) is 23.7. The average molecular weight is 366 g/mol. The lowest BCUT2D eigenvalue weighted by molar-refractivity contribution is 0.200. The van der Waals surface area contributed by atoms with Crippen molar-refractivity contribution >= 4 is 17.0 Å². The molecule has 2 atom stereocenters. The molecule has 2 unspecified atom stereocenters. The Morgan fingerprint density at radius 3 is 1.76 bits per heavy atom. The summed E-state index contributed by atoms with van der Waals surface area (Å²) < 4.78 is 0. The molecule has 3 N–H and O–H groups in total. The molecule has 0 aromatic carbocycles. The molecule has 0 radical (unpaired) electrons. The first-order valence-corrected chi connectivity index (χ1v) is 8.94. The molecule has 2 nitrogen and oxygen atoms in total. The van der Waals surface area contributed by atoms with Gasteiger partial charge in [-0.2, -0.15) is 0 Å². The average Bonchev–Trinajstić information content (AvgIpc) is 2.40. The van der Waals surface area contributed by atoms with E-state index in [2.05, 4.69) is 20.8 Å². The Morgan fingerprint density at radius 1 is 0.905 bits per heavy atom. The molecule has 0 aliphatic heterocycles. The van der Waals surface area contributed by atoms with Crippen LogP contribution in [-0.4, -0.2) is 17.3 Å².